The zero-order chi connectivity index (χ0) is 14.0. The van der Waals surface area contributed by atoms with Crippen LogP contribution in [0.3, 0.4) is 0 Å². The lowest BCUT2D eigenvalue weighted by Gasteiger charge is -2.25. The van der Waals surface area contributed by atoms with Gasteiger partial charge in [-0.3, -0.25) is 4.79 Å². The first kappa shape index (κ1) is 13.7. The number of benzene rings is 1. The molecule has 5 heteroatoms. The van der Waals surface area contributed by atoms with Gasteiger partial charge in [-0.2, -0.15) is 0 Å². The Morgan fingerprint density at radius 2 is 2.21 bits per heavy atom. The molecule has 0 aromatic heterocycles. The summed E-state index contributed by atoms with van der Waals surface area (Å²) in [5.41, 5.74) is 1.37. The molecule has 0 aliphatic carbocycles. The molecule has 1 aliphatic rings. The van der Waals surface area contributed by atoms with E-state index in [2.05, 4.69) is 10.6 Å². The Kier molecular flexibility index (Phi) is 3.66. The summed E-state index contributed by atoms with van der Waals surface area (Å²) in [5.74, 6) is 0.541. The zero-order valence-corrected chi connectivity index (χ0v) is 11.5. The summed E-state index contributed by atoms with van der Waals surface area (Å²) in [6.45, 7) is 6.43. The average Bonchev–Trinajstić information content (AvgIpc) is 2.38. The highest BCUT2D eigenvalue weighted by molar-refractivity contribution is 5.98. The normalized spacial score (nSPS) is 18.3. The molecule has 1 heterocycles. The molecule has 19 heavy (non-hydrogen) atoms. The van der Waals surface area contributed by atoms with Gasteiger partial charge in [-0.25, -0.2) is 0 Å². The van der Waals surface area contributed by atoms with Gasteiger partial charge in [0.2, 0.25) is 0 Å². The van der Waals surface area contributed by atoms with E-state index in [1.54, 1.807) is 6.92 Å². The van der Waals surface area contributed by atoms with Crippen molar-refractivity contribution in [1.82, 2.24) is 0 Å². The number of carbonyl (C=O) groups excluding carboxylic acids is 1. The van der Waals surface area contributed by atoms with E-state index in [-0.39, 0.29) is 17.9 Å². The number of ether oxygens (including phenoxy) is 1. The van der Waals surface area contributed by atoms with E-state index in [1.165, 1.54) is 0 Å². The van der Waals surface area contributed by atoms with Crippen molar-refractivity contribution in [2.75, 3.05) is 23.8 Å². The van der Waals surface area contributed by atoms with Gasteiger partial charge in [0, 0.05) is 24.3 Å². The van der Waals surface area contributed by atoms with Gasteiger partial charge in [0.15, 0.2) is 6.10 Å². The van der Waals surface area contributed by atoms with Gasteiger partial charge < -0.3 is 20.5 Å². The van der Waals surface area contributed by atoms with Gasteiger partial charge in [-0.05, 0) is 25.1 Å². The molecule has 1 atom stereocenters. The highest BCUT2D eigenvalue weighted by atomic mass is 16.5. The summed E-state index contributed by atoms with van der Waals surface area (Å²) in [6, 6.07) is 5.57. The lowest BCUT2D eigenvalue weighted by atomic mass is 9.95. The third-order valence-electron chi connectivity index (χ3n) is 3.11. The minimum atomic E-state index is -0.459. The standard InChI is InChI=1S/C14H20N2O3/c1-9-13(18)16-11-6-10(4-5-12(11)19-9)15-7-14(2,3)8-17/h4-6,9,15,17H,7-8H2,1-3H3,(H,16,18). The van der Waals surface area contributed by atoms with Crippen LogP contribution < -0.4 is 15.4 Å². The molecule has 0 bridgehead atoms. The number of hydrogen-bond donors (Lipinski definition) is 3. The van der Waals surface area contributed by atoms with Gasteiger partial charge in [0.1, 0.15) is 5.75 Å². The third kappa shape index (κ3) is 3.17. The second-order valence-corrected chi connectivity index (χ2v) is 5.64. The van der Waals surface area contributed by atoms with Crippen LogP contribution in [0.2, 0.25) is 0 Å². The van der Waals surface area contributed by atoms with Crippen molar-refractivity contribution in [1.29, 1.82) is 0 Å². The Hall–Kier alpha value is -1.75. The predicted octanol–water partition coefficient (Wildman–Crippen LogP) is 1.84. The summed E-state index contributed by atoms with van der Waals surface area (Å²) < 4.78 is 5.49. The summed E-state index contributed by atoms with van der Waals surface area (Å²) in [4.78, 5) is 11.5. The van der Waals surface area contributed by atoms with Crippen molar-refractivity contribution >= 4 is 17.3 Å². The number of aliphatic hydroxyl groups excluding tert-OH is 1. The Morgan fingerprint density at radius 3 is 2.89 bits per heavy atom. The van der Waals surface area contributed by atoms with Crippen molar-refractivity contribution in [3.8, 4) is 5.75 Å². The highest BCUT2D eigenvalue weighted by Crippen LogP contribution is 2.32. The molecule has 5 nitrogen and oxygen atoms in total. The topological polar surface area (TPSA) is 70.6 Å². The smallest absolute Gasteiger partial charge is 0.265 e. The fourth-order valence-electron chi connectivity index (χ4n) is 1.72. The van der Waals surface area contributed by atoms with Crippen LogP contribution in [-0.2, 0) is 4.79 Å². The number of anilines is 2. The molecule has 0 saturated heterocycles. The van der Waals surface area contributed by atoms with E-state index >= 15 is 0 Å². The quantitative estimate of drug-likeness (QED) is 0.776. The van der Waals surface area contributed by atoms with E-state index in [0.717, 1.165) is 5.69 Å². The summed E-state index contributed by atoms with van der Waals surface area (Å²) in [6.07, 6.45) is -0.459. The van der Waals surface area contributed by atoms with E-state index in [1.807, 2.05) is 32.0 Å². The molecule has 0 spiro atoms. The highest BCUT2D eigenvalue weighted by Gasteiger charge is 2.23. The Balaban J connectivity index is 2.09. The number of carbonyl (C=O) groups is 1. The average molecular weight is 264 g/mol. The lowest BCUT2D eigenvalue weighted by molar-refractivity contribution is -0.122. The molecule has 1 aliphatic heterocycles. The predicted molar refractivity (Wildman–Crippen MR) is 74.5 cm³/mol. The largest absolute Gasteiger partial charge is 0.479 e. The molecule has 104 valence electrons. The molecule has 0 radical (unpaired) electrons. The maximum Gasteiger partial charge on any atom is 0.265 e. The molecule has 0 saturated carbocycles. The zero-order valence-electron chi connectivity index (χ0n) is 11.5. The van der Waals surface area contributed by atoms with Crippen molar-refractivity contribution in [2.24, 2.45) is 5.41 Å². The third-order valence-corrected chi connectivity index (χ3v) is 3.11. The van der Waals surface area contributed by atoms with Crippen LogP contribution in [0.25, 0.3) is 0 Å². The van der Waals surface area contributed by atoms with Gasteiger partial charge in [-0.1, -0.05) is 13.8 Å². The van der Waals surface area contributed by atoms with Crippen LogP contribution in [0, 0.1) is 5.41 Å². The molecule has 1 aromatic rings. The van der Waals surface area contributed by atoms with E-state index < -0.39 is 6.10 Å². The monoisotopic (exact) mass is 264 g/mol. The van der Waals surface area contributed by atoms with Gasteiger partial charge in [0.05, 0.1) is 5.69 Å². The van der Waals surface area contributed by atoms with Gasteiger partial charge in [0.25, 0.3) is 5.91 Å². The van der Waals surface area contributed by atoms with Crippen LogP contribution in [0.15, 0.2) is 18.2 Å². The van der Waals surface area contributed by atoms with E-state index in [9.17, 15) is 9.90 Å². The van der Waals surface area contributed by atoms with Crippen molar-refractivity contribution in [3.63, 3.8) is 0 Å². The number of amides is 1. The molecule has 1 aromatic carbocycles. The number of hydrogen-bond acceptors (Lipinski definition) is 4. The van der Waals surface area contributed by atoms with Crippen LogP contribution in [0.4, 0.5) is 11.4 Å². The van der Waals surface area contributed by atoms with Crippen LogP contribution >= 0.6 is 0 Å². The molecule has 3 N–H and O–H groups in total. The number of rotatable bonds is 4. The van der Waals surface area contributed by atoms with E-state index in [4.69, 9.17) is 4.74 Å². The van der Waals surface area contributed by atoms with Gasteiger partial charge in [-0.15, -0.1) is 0 Å². The first-order chi connectivity index (χ1) is 8.91. The van der Waals surface area contributed by atoms with E-state index in [0.29, 0.717) is 18.0 Å². The summed E-state index contributed by atoms with van der Waals surface area (Å²) in [7, 11) is 0. The molecule has 2 rings (SSSR count). The van der Waals surface area contributed by atoms with Crippen LogP contribution in [0.1, 0.15) is 20.8 Å². The minimum Gasteiger partial charge on any atom is -0.479 e. The number of aliphatic hydroxyl groups is 1. The fourth-order valence-corrected chi connectivity index (χ4v) is 1.72. The Morgan fingerprint density at radius 1 is 1.47 bits per heavy atom. The number of nitrogens with one attached hydrogen (secondary N) is 2. The van der Waals surface area contributed by atoms with Gasteiger partial charge >= 0.3 is 0 Å². The second-order valence-electron chi connectivity index (χ2n) is 5.64. The molecule has 1 amide bonds. The molecule has 1 unspecified atom stereocenters. The fraction of sp³-hybridized carbons (Fsp3) is 0.500. The minimum absolute atomic E-state index is 0.113. The van der Waals surface area contributed by atoms with Crippen molar-refractivity contribution in [3.05, 3.63) is 18.2 Å². The number of fused-ring (bicyclic) bond motifs is 1. The van der Waals surface area contributed by atoms with Crippen molar-refractivity contribution in [2.45, 2.75) is 26.9 Å². The van der Waals surface area contributed by atoms with Crippen molar-refractivity contribution < 1.29 is 14.6 Å². The molecule has 0 fully saturated rings. The van der Waals surface area contributed by atoms with Crippen LogP contribution in [0.5, 0.6) is 5.75 Å². The first-order valence-corrected chi connectivity index (χ1v) is 6.37. The Bertz CT molecular complexity index is 486. The first-order valence-electron chi connectivity index (χ1n) is 6.37. The maximum atomic E-state index is 11.5. The molecular formula is C14H20N2O3. The maximum absolute atomic E-state index is 11.5. The SMILES string of the molecule is CC1Oc2ccc(NCC(C)(C)CO)cc2NC1=O. The lowest BCUT2D eigenvalue weighted by Crippen LogP contribution is -2.34. The van der Waals surface area contributed by atoms with Crippen LogP contribution in [-0.4, -0.2) is 30.3 Å². The second kappa shape index (κ2) is 5.09. The summed E-state index contributed by atoms with van der Waals surface area (Å²) >= 11 is 0. The molecular weight excluding hydrogens is 244 g/mol. The summed E-state index contributed by atoms with van der Waals surface area (Å²) in [5, 5.41) is 15.3. The Labute approximate surface area is 113 Å².